The zero-order valence-corrected chi connectivity index (χ0v) is 12.9. The molecule has 1 atom stereocenters. The minimum atomic E-state index is -0.909. The number of nitrogens with zero attached hydrogens (tertiary/aromatic N) is 1. The van der Waals surface area contributed by atoms with Gasteiger partial charge in [0.1, 0.15) is 17.2 Å². The van der Waals surface area contributed by atoms with Gasteiger partial charge in [0, 0.05) is 30.2 Å². The molecule has 1 aliphatic heterocycles. The summed E-state index contributed by atoms with van der Waals surface area (Å²) in [6.45, 7) is 0.220. The molecule has 1 fully saturated rings. The monoisotopic (exact) mass is 349 g/mol. The third kappa shape index (κ3) is 3.63. The molecule has 1 aliphatic rings. The quantitative estimate of drug-likeness (QED) is 0.346. The Morgan fingerprint density at radius 3 is 2.48 bits per heavy atom. The Morgan fingerprint density at radius 2 is 1.92 bits per heavy atom. The van der Waals surface area contributed by atoms with Gasteiger partial charge in [-0.1, -0.05) is 6.07 Å². The van der Waals surface area contributed by atoms with E-state index >= 15 is 0 Å². The lowest BCUT2D eigenvalue weighted by atomic mass is 9.96. The molecular weight excluding hydrogens is 336 g/mol. The molecule has 130 valence electrons. The molecule has 0 radical (unpaired) electrons. The molecule has 1 heterocycles. The topological polar surface area (TPSA) is 82.0 Å². The lowest BCUT2D eigenvalue weighted by molar-refractivity contribution is -0.384. The van der Waals surface area contributed by atoms with Gasteiger partial charge in [-0.2, -0.15) is 0 Å². The lowest BCUT2D eigenvalue weighted by Crippen LogP contribution is -2.16. The molecule has 0 spiro atoms. The number of hydrogen-bond donors (Lipinski definition) is 0. The van der Waals surface area contributed by atoms with Gasteiger partial charge >= 0.3 is 5.97 Å². The summed E-state index contributed by atoms with van der Waals surface area (Å²) in [5.74, 6) is -2.04. The molecule has 0 amide bonds. The van der Waals surface area contributed by atoms with Crippen molar-refractivity contribution in [3.8, 4) is 0 Å². The van der Waals surface area contributed by atoms with Crippen LogP contribution >= 0.6 is 0 Å². The molecular formula is C17H13F2NO5. The minimum Gasteiger partial charge on any atom is -0.462 e. The highest BCUT2D eigenvalue weighted by atomic mass is 19.1. The minimum absolute atomic E-state index is 0.0351. The van der Waals surface area contributed by atoms with Crippen molar-refractivity contribution >= 4 is 11.7 Å². The predicted molar refractivity (Wildman–Crippen MR) is 82.0 cm³/mol. The molecule has 0 aromatic heterocycles. The average Bonchev–Trinajstić information content (AvgIpc) is 3.35. The van der Waals surface area contributed by atoms with Gasteiger partial charge in [-0.05, 0) is 18.2 Å². The average molecular weight is 349 g/mol. The normalized spacial score (nSPS) is 18.6. The second-order valence-electron chi connectivity index (χ2n) is 5.60. The maximum absolute atomic E-state index is 13.9. The van der Waals surface area contributed by atoms with Gasteiger partial charge < -0.3 is 9.47 Å². The van der Waals surface area contributed by atoms with E-state index in [1.807, 2.05) is 0 Å². The van der Waals surface area contributed by atoms with Crippen LogP contribution in [0.15, 0.2) is 42.5 Å². The van der Waals surface area contributed by atoms with Crippen LogP contribution in [0.2, 0.25) is 0 Å². The van der Waals surface area contributed by atoms with Crippen LogP contribution in [0.4, 0.5) is 14.5 Å². The van der Waals surface area contributed by atoms with Crippen LogP contribution in [0.5, 0.6) is 0 Å². The van der Waals surface area contributed by atoms with Gasteiger partial charge in [-0.25, -0.2) is 13.6 Å². The van der Waals surface area contributed by atoms with Gasteiger partial charge in [0.05, 0.1) is 23.7 Å². The van der Waals surface area contributed by atoms with Crippen molar-refractivity contribution in [1.82, 2.24) is 0 Å². The van der Waals surface area contributed by atoms with Crippen molar-refractivity contribution in [2.75, 3.05) is 13.2 Å². The van der Waals surface area contributed by atoms with E-state index in [1.54, 1.807) is 0 Å². The summed E-state index contributed by atoms with van der Waals surface area (Å²) in [6.07, 6.45) is 0.217. The molecule has 6 nitrogen and oxygen atoms in total. The van der Waals surface area contributed by atoms with Gasteiger partial charge in [-0.15, -0.1) is 0 Å². The van der Waals surface area contributed by atoms with Crippen LogP contribution in [0.25, 0.3) is 0 Å². The maximum Gasteiger partial charge on any atom is 0.338 e. The third-order valence-corrected chi connectivity index (χ3v) is 3.97. The summed E-state index contributed by atoms with van der Waals surface area (Å²) in [5.41, 5.74) is -0.647. The van der Waals surface area contributed by atoms with E-state index in [0.717, 1.165) is 12.1 Å². The van der Waals surface area contributed by atoms with Gasteiger partial charge in [0.2, 0.25) is 0 Å². The van der Waals surface area contributed by atoms with Crippen LogP contribution in [-0.2, 0) is 15.1 Å². The zero-order chi connectivity index (χ0) is 18.0. The predicted octanol–water partition coefficient (Wildman–Crippen LogP) is 3.35. The Kier molecular flexibility index (Phi) is 4.45. The van der Waals surface area contributed by atoms with Gasteiger partial charge in [0.25, 0.3) is 5.69 Å². The van der Waals surface area contributed by atoms with E-state index in [-0.39, 0.29) is 36.4 Å². The lowest BCUT2D eigenvalue weighted by Gasteiger charge is -2.13. The fourth-order valence-electron chi connectivity index (χ4n) is 2.49. The SMILES string of the molecule is O=C(OCC[C@]1(c2ccc(F)cc2F)CO1)c1ccc([N+](=O)[O-])cc1. The number of nitro benzene ring substituents is 1. The van der Waals surface area contributed by atoms with E-state index in [9.17, 15) is 23.7 Å². The Hall–Kier alpha value is -2.87. The van der Waals surface area contributed by atoms with E-state index in [1.165, 1.54) is 30.3 Å². The Labute approximate surface area is 141 Å². The van der Waals surface area contributed by atoms with Crippen molar-refractivity contribution in [2.24, 2.45) is 0 Å². The first-order valence-corrected chi connectivity index (χ1v) is 7.42. The summed E-state index contributed by atoms with van der Waals surface area (Å²) in [6, 6.07) is 8.24. The largest absolute Gasteiger partial charge is 0.462 e. The number of ether oxygens (including phenoxy) is 2. The molecule has 25 heavy (non-hydrogen) atoms. The summed E-state index contributed by atoms with van der Waals surface area (Å²) < 4.78 is 37.3. The van der Waals surface area contributed by atoms with Crippen LogP contribution in [0.1, 0.15) is 22.3 Å². The number of epoxide rings is 1. The third-order valence-electron chi connectivity index (χ3n) is 3.97. The van der Waals surface area contributed by atoms with Crippen molar-refractivity contribution in [3.05, 3.63) is 75.3 Å². The summed E-state index contributed by atoms with van der Waals surface area (Å²) in [4.78, 5) is 21.9. The number of non-ortho nitro benzene ring substituents is 1. The first-order valence-electron chi connectivity index (χ1n) is 7.42. The molecule has 2 aromatic rings. The molecule has 1 saturated heterocycles. The van der Waals surface area contributed by atoms with E-state index < -0.39 is 28.1 Å². The molecule has 0 saturated carbocycles. The van der Waals surface area contributed by atoms with Crippen LogP contribution in [-0.4, -0.2) is 24.1 Å². The van der Waals surface area contributed by atoms with Crippen LogP contribution in [0.3, 0.4) is 0 Å². The number of hydrogen-bond acceptors (Lipinski definition) is 5. The fourth-order valence-corrected chi connectivity index (χ4v) is 2.49. The van der Waals surface area contributed by atoms with Crippen molar-refractivity contribution in [3.63, 3.8) is 0 Å². The molecule has 0 unspecified atom stereocenters. The number of esters is 1. The fraction of sp³-hybridized carbons (Fsp3) is 0.235. The van der Waals surface area contributed by atoms with Crippen molar-refractivity contribution in [1.29, 1.82) is 0 Å². The zero-order valence-electron chi connectivity index (χ0n) is 12.9. The number of benzene rings is 2. The summed E-state index contributed by atoms with van der Waals surface area (Å²) >= 11 is 0. The molecule has 0 aliphatic carbocycles. The standard InChI is InChI=1S/C17H13F2NO5/c18-12-3-6-14(15(19)9-12)17(10-25-17)7-8-24-16(21)11-1-4-13(5-2-11)20(22)23/h1-6,9H,7-8,10H2/t17-/m1/s1. The van der Waals surface area contributed by atoms with Crippen LogP contribution < -0.4 is 0 Å². The first-order chi connectivity index (χ1) is 11.9. The molecule has 0 N–H and O–H groups in total. The Balaban J connectivity index is 1.59. The molecule has 8 heteroatoms. The van der Waals surface area contributed by atoms with E-state index in [0.29, 0.717) is 0 Å². The maximum atomic E-state index is 13.9. The van der Waals surface area contributed by atoms with E-state index in [4.69, 9.17) is 9.47 Å². The second-order valence-corrected chi connectivity index (χ2v) is 5.60. The highest BCUT2D eigenvalue weighted by Gasteiger charge is 2.48. The Bertz CT molecular complexity index is 818. The Morgan fingerprint density at radius 1 is 1.24 bits per heavy atom. The van der Waals surface area contributed by atoms with E-state index in [2.05, 4.69) is 0 Å². The first kappa shape index (κ1) is 17.0. The van der Waals surface area contributed by atoms with Gasteiger partial charge in [-0.3, -0.25) is 10.1 Å². The van der Waals surface area contributed by atoms with Crippen LogP contribution in [0, 0.1) is 21.7 Å². The smallest absolute Gasteiger partial charge is 0.338 e. The summed E-state index contributed by atoms with van der Waals surface area (Å²) in [7, 11) is 0. The number of nitro groups is 1. The highest BCUT2D eigenvalue weighted by molar-refractivity contribution is 5.89. The molecule has 0 bridgehead atoms. The van der Waals surface area contributed by atoms with Crippen molar-refractivity contribution < 1.29 is 28.0 Å². The number of carbonyl (C=O) groups excluding carboxylic acids is 1. The molecule has 3 rings (SSSR count). The molecule has 2 aromatic carbocycles. The van der Waals surface area contributed by atoms with Gasteiger partial charge in [0.15, 0.2) is 0 Å². The van der Waals surface area contributed by atoms with Crippen molar-refractivity contribution in [2.45, 2.75) is 12.0 Å². The number of rotatable bonds is 6. The highest BCUT2D eigenvalue weighted by Crippen LogP contribution is 2.43. The second kappa shape index (κ2) is 6.56. The number of carbonyl (C=O) groups is 1. The summed E-state index contributed by atoms with van der Waals surface area (Å²) in [5, 5.41) is 10.6. The number of halogens is 2.